The molecule has 17 heavy (non-hydrogen) atoms. The van der Waals surface area contributed by atoms with Gasteiger partial charge in [0.25, 0.3) is 5.91 Å². The topological polar surface area (TPSA) is 70.7 Å². The van der Waals surface area contributed by atoms with E-state index in [0.29, 0.717) is 12.2 Å². The summed E-state index contributed by atoms with van der Waals surface area (Å²) in [6.07, 6.45) is 0.758. The molecule has 6 heteroatoms. The number of rotatable bonds is 4. The molecular formula is C11H14N4OS. The number of thiazole rings is 1. The number of carbonyl (C=O) groups excluding carboxylic acids is 1. The minimum absolute atomic E-state index is 0.150. The lowest BCUT2D eigenvalue weighted by atomic mass is 10.3. The average molecular weight is 250 g/mol. The highest BCUT2D eigenvalue weighted by molar-refractivity contribution is 7.09. The van der Waals surface area contributed by atoms with Gasteiger partial charge >= 0.3 is 0 Å². The van der Waals surface area contributed by atoms with Crippen LogP contribution in [0.5, 0.6) is 0 Å². The van der Waals surface area contributed by atoms with Crippen molar-refractivity contribution >= 4 is 17.2 Å². The zero-order valence-corrected chi connectivity index (χ0v) is 10.6. The molecule has 2 rings (SSSR count). The van der Waals surface area contributed by atoms with Crippen molar-refractivity contribution in [1.82, 2.24) is 20.5 Å². The molecule has 2 aromatic heterocycles. The maximum atomic E-state index is 11.6. The van der Waals surface area contributed by atoms with Crippen molar-refractivity contribution in [2.45, 2.75) is 20.3 Å². The van der Waals surface area contributed by atoms with Gasteiger partial charge in [0.15, 0.2) is 0 Å². The Bertz CT molecular complexity index is 517. The predicted octanol–water partition coefficient (Wildman–Crippen LogP) is 1.46. The van der Waals surface area contributed by atoms with Gasteiger partial charge in [-0.2, -0.15) is 5.10 Å². The second kappa shape index (κ2) is 5.09. The number of hydrogen-bond acceptors (Lipinski definition) is 4. The number of carbonyl (C=O) groups is 1. The predicted molar refractivity (Wildman–Crippen MR) is 66.2 cm³/mol. The van der Waals surface area contributed by atoms with Crippen molar-refractivity contribution < 1.29 is 4.79 Å². The van der Waals surface area contributed by atoms with Gasteiger partial charge in [-0.15, -0.1) is 11.3 Å². The maximum Gasteiger partial charge on any atom is 0.271 e. The molecule has 5 nitrogen and oxygen atoms in total. The van der Waals surface area contributed by atoms with Crippen LogP contribution in [0.25, 0.3) is 0 Å². The van der Waals surface area contributed by atoms with E-state index in [-0.39, 0.29) is 5.91 Å². The number of aryl methyl sites for hydroxylation is 2. The molecule has 90 valence electrons. The zero-order chi connectivity index (χ0) is 12.3. The van der Waals surface area contributed by atoms with Crippen LogP contribution in [0.3, 0.4) is 0 Å². The summed E-state index contributed by atoms with van der Waals surface area (Å²) in [7, 11) is 0. The first-order chi connectivity index (χ1) is 8.15. The summed E-state index contributed by atoms with van der Waals surface area (Å²) in [5.41, 5.74) is 2.34. The highest BCUT2D eigenvalue weighted by atomic mass is 32.1. The number of aromatic amines is 1. The Morgan fingerprint density at radius 3 is 2.94 bits per heavy atom. The fourth-order valence-corrected chi connectivity index (χ4v) is 2.20. The number of H-pyrrole nitrogens is 1. The van der Waals surface area contributed by atoms with Crippen LogP contribution in [0.4, 0.5) is 0 Å². The smallest absolute Gasteiger partial charge is 0.271 e. The molecule has 0 aromatic carbocycles. The number of aromatic nitrogens is 3. The molecule has 0 aliphatic rings. The molecule has 0 atom stereocenters. The van der Waals surface area contributed by atoms with Gasteiger partial charge in [-0.3, -0.25) is 9.89 Å². The van der Waals surface area contributed by atoms with Gasteiger partial charge in [0.1, 0.15) is 5.69 Å². The van der Waals surface area contributed by atoms with Crippen molar-refractivity contribution in [3.63, 3.8) is 0 Å². The summed E-state index contributed by atoms with van der Waals surface area (Å²) in [4.78, 5) is 16.0. The third-order valence-electron chi connectivity index (χ3n) is 2.23. The van der Waals surface area contributed by atoms with Crippen LogP contribution in [0, 0.1) is 13.8 Å². The van der Waals surface area contributed by atoms with Crippen molar-refractivity contribution in [1.29, 1.82) is 0 Å². The minimum Gasteiger partial charge on any atom is -0.350 e. The van der Waals surface area contributed by atoms with Crippen molar-refractivity contribution in [3.05, 3.63) is 33.5 Å². The number of nitrogens with one attached hydrogen (secondary N) is 2. The van der Waals surface area contributed by atoms with E-state index in [0.717, 1.165) is 22.8 Å². The molecule has 0 spiro atoms. The van der Waals surface area contributed by atoms with Gasteiger partial charge in [0.05, 0.1) is 5.01 Å². The van der Waals surface area contributed by atoms with Crippen molar-refractivity contribution in [3.8, 4) is 0 Å². The summed E-state index contributed by atoms with van der Waals surface area (Å²) in [5, 5.41) is 12.5. The minimum atomic E-state index is -0.150. The monoisotopic (exact) mass is 250 g/mol. The SMILES string of the molecule is Cc1csc(CCNC(=O)c2cc(C)[nH]n2)n1. The van der Waals surface area contributed by atoms with Gasteiger partial charge < -0.3 is 5.32 Å². The molecule has 2 heterocycles. The van der Waals surface area contributed by atoms with Crippen LogP contribution in [0.15, 0.2) is 11.4 Å². The highest BCUT2D eigenvalue weighted by Crippen LogP contribution is 2.08. The molecule has 2 N–H and O–H groups in total. The molecule has 0 bridgehead atoms. The van der Waals surface area contributed by atoms with Crippen LogP contribution < -0.4 is 5.32 Å². The third-order valence-corrected chi connectivity index (χ3v) is 3.26. The highest BCUT2D eigenvalue weighted by Gasteiger charge is 2.08. The summed E-state index contributed by atoms with van der Waals surface area (Å²) in [5.74, 6) is -0.150. The van der Waals surface area contributed by atoms with Gasteiger partial charge in [-0.05, 0) is 19.9 Å². The molecule has 0 aliphatic carbocycles. The first kappa shape index (κ1) is 11.8. The quantitative estimate of drug-likeness (QED) is 0.863. The standard InChI is InChI=1S/C11H14N4OS/c1-7-5-9(15-14-7)11(16)12-4-3-10-13-8(2)6-17-10/h5-6H,3-4H2,1-2H3,(H,12,16)(H,14,15). The maximum absolute atomic E-state index is 11.6. The van der Waals surface area contributed by atoms with Gasteiger partial charge in [0.2, 0.25) is 0 Å². The van der Waals surface area contributed by atoms with Crippen LogP contribution in [0.2, 0.25) is 0 Å². The molecule has 0 saturated heterocycles. The Morgan fingerprint density at radius 1 is 1.53 bits per heavy atom. The molecule has 1 amide bonds. The average Bonchev–Trinajstić information content (AvgIpc) is 2.88. The number of amides is 1. The largest absolute Gasteiger partial charge is 0.350 e. The fraction of sp³-hybridized carbons (Fsp3) is 0.364. The second-order valence-corrected chi connectivity index (χ2v) is 4.77. The first-order valence-electron chi connectivity index (χ1n) is 5.36. The molecule has 0 saturated carbocycles. The van der Waals surface area contributed by atoms with E-state index in [4.69, 9.17) is 0 Å². The van der Waals surface area contributed by atoms with Gasteiger partial charge in [-0.25, -0.2) is 4.98 Å². The summed E-state index contributed by atoms with van der Waals surface area (Å²) in [6, 6.07) is 1.73. The van der Waals surface area contributed by atoms with E-state index in [1.54, 1.807) is 17.4 Å². The molecule has 0 fully saturated rings. The lowest BCUT2D eigenvalue weighted by Gasteiger charge is -2.00. The van der Waals surface area contributed by atoms with Crippen LogP contribution >= 0.6 is 11.3 Å². The summed E-state index contributed by atoms with van der Waals surface area (Å²) in [6.45, 7) is 4.41. The number of hydrogen-bond donors (Lipinski definition) is 2. The van der Waals surface area contributed by atoms with E-state index < -0.39 is 0 Å². The third kappa shape index (κ3) is 3.13. The Hall–Kier alpha value is -1.69. The Labute approximate surface area is 103 Å². The van der Waals surface area contributed by atoms with Crippen molar-refractivity contribution in [2.24, 2.45) is 0 Å². The van der Waals surface area contributed by atoms with Crippen molar-refractivity contribution in [2.75, 3.05) is 6.54 Å². The normalized spacial score (nSPS) is 10.5. The lowest BCUT2D eigenvalue weighted by molar-refractivity contribution is 0.0949. The number of nitrogens with zero attached hydrogens (tertiary/aromatic N) is 2. The second-order valence-electron chi connectivity index (χ2n) is 3.82. The fourth-order valence-electron chi connectivity index (χ4n) is 1.43. The summed E-state index contributed by atoms with van der Waals surface area (Å²) >= 11 is 1.62. The first-order valence-corrected chi connectivity index (χ1v) is 6.24. The lowest BCUT2D eigenvalue weighted by Crippen LogP contribution is -2.26. The Balaban J connectivity index is 1.81. The van der Waals surface area contributed by atoms with E-state index in [2.05, 4.69) is 20.5 Å². The van der Waals surface area contributed by atoms with E-state index in [1.165, 1.54) is 0 Å². The van der Waals surface area contributed by atoms with Crippen LogP contribution in [-0.4, -0.2) is 27.6 Å². The Kier molecular flexibility index (Phi) is 3.53. The van der Waals surface area contributed by atoms with E-state index in [1.807, 2.05) is 19.2 Å². The molecule has 0 radical (unpaired) electrons. The zero-order valence-electron chi connectivity index (χ0n) is 9.78. The van der Waals surface area contributed by atoms with Gasteiger partial charge in [0, 0.05) is 29.7 Å². The molecule has 0 unspecified atom stereocenters. The van der Waals surface area contributed by atoms with E-state index in [9.17, 15) is 4.79 Å². The molecule has 2 aromatic rings. The summed E-state index contributed by atoms with van der Waals surface area (Å²) < 4.78 is 0. The molecular weight excluding hydrogens is 236 g/mol. The van der Waals surface area contributed by atoms with Gasteiger partial charge in [-0.1, -0.05) is 0 Å². The van der Waals surface area contributed by atoms with Crippen LogP contribution in [0.1, 0.15) is 26.9 Å². The van der Waals surface area contributed by atoms with Crippen LogP contribution in [-0.2, 0) is 6.42 Å². The molecule has 0 aliphatic heterocycles. The van der Waals surface area contributed by atoms with E-state index >= 15 is 0 Å². The Morgan fingerprint density at radius 2 is 2.35 bits per heavy atom.